The second-order valence-electron chi connectivity index (χ2n) is 2.62. The van der Waals surface area contributed by atoms with E-state index in [1.54, 1.807) is 0 Å². The fourth-order valence-corrected chi connectivity index (χ4v) is 1.08. The maximum absolute atomic E-state index is 4.86. The summed E-state index contributed by atoms with van der Waals surface area (Å²) in [7, 11) is 0. The zero-order valence-corrected chi connectivity index (χ0v) is 6.32. The van der Waals surface area contributed by atoms with Crippen molar-refractivity contribution >= 4 is 12.2 Å². The van der Waals surface area contributed by atoms with Crippen molar-refractivity contribution < 1.29 is 0 Å². The lowest BCUT2D eigenvalue weighted by molar-refractivity contribution is 0.902. The number of rotatable bonds is 1. The minimum atomic E-state index is 0.712. The molecule has 0 bridgehead atoms. The number of aromatic amines is 1. The Hall–Kier alpha value is -0.700. The SMILES string of the molecule is S=c1ccc(C2CC2)n[nH]1. The lowest BCUT2D eigenvalue weighted by Crippen LogP contribution is -1.88. The molecule has 0 aromatic carbocycles. The first-order valence-corrected chi connectivity index (χ1v) is 3.83. The van der Waals surface area contributed by atoms with Crippen LogP contribution in [0.5, 0.6) is 0 Å². The maximum Gasteiger partial charge on any atom is 0.119 e. The highest BCUT2D eigenvalue weighted by Gasteiger charge is 2.24. The number of H-pyrrole nitrogens is 1. The summed E-state index contributed by atoms with van der Waals surface area (Å²) in [5.41, 5.74) is 1.16. The molecule has 0 spiro atoms. The van der Waals surface area contributed by atoms with E-state index in [1.165, 1.54) is 12.8 Å². The smallest absolute Gasteiger partial charge is 0.119 e. The molecule has 1 aliphatic rings. The monoisotopic (exact) mass is 152 g/mol. The summed E-state index contributed by atoms with van der Waals surface area (Å²) in [4.78, 5) is 0. The second kappa shape index (κ2) is 2.16. The standard InChI is InChI=1S/C7H8N2S/c10-7-4-3-6(8-9-7)5-1-2-5/h3-5H,1-2H2,(H,9,10). The Balaban J connectivity index is 2.36. The van der Waals surface area contributed by atoms with E-state index in [-0.39, 0.29) is 0 Å². The Labute approximate surface area is 64.3 Å². The lowest BCUT2D eigenvalue weighted by atomic mass is 10.3. The van der Waals surface area contributed by atoms with Crippen LogP contribution in [0, 0.1) is 4.64 Å². The van der Waals surface area contributed by atoms with Gasteiger partial charge in [-0.25, -0.2) is 0 Å². The quantitative estimate of drug-likeness (QED) is 0.624. The molecule has 10 heavy (non-hydrogen) atoms. The highest BCUT2D eigenvalue weighted by atomic mass is 32.1. The van der Waals surface area contributed by atoms with E-state index < -0.39 is 0 Å². The van der Waals surface area contributed by atoms with Crippen LogP contribution in [-0.2, 0) is 0 Å². The van der Waals surface area contributed by atoms with Crippen LogP contribution in [0.15, 0.2) is 12.1 Å². The van der Waals surface area contributed by atoms with Gasteiger partial charge >= 0.3 is 0 Å². The number of nitrogens with zero attached hydrogens (tertiary/aromatic N) is 1. The Morgan fingerprint density at radius 3 is 2.80 bits per heavy atom. The summed E-state index contributed by atoms with van der Waals surface area (Å²) in [5.74, 6) is 0.715. The van der Waals surface area contributed by atoms with Crippen LogP contribution in [0.2, 0.25) is 0 Å². The molecule has 2 rings (SSSR count). The van der Waals surface area contributed by atoms with Crippen molar-refractivity contribution in [3.63, 3.8) is 0 Å². The van der Waals surface area contributed by atoms with Gasteiger partial charge in [0.1, 0.15) is 4.64 Å². The molecule has 52 valence electrons. The fourth-order valence-electron chi connectivity index (χ4n) is 0.962. The van der Waals surface area contributed by atoms with Crippen molar-refractivity contribution in [1.82, 2.24) is 10.2 Å². The van der Waals surface area contributed by atoms with Gasteiger partial charge in [0, 0.05) is 5.92 Å². The zero-order valence-electron chi connectivity index (χ0n) is 5.50. The van der Waals surface area contributed by atoms with Gasteiger partial charge in [-0.05, 0) is 25.0 Å². The first-order valence-electron chi connectivity index (χ1n) is 3.42. The molecule has 0 radical (unpaired) electrons. The number of aromatic nitrogens is 2. The third-order valence-electron chi connectivity index (χ3n) is 1.70. The lowest BCUT2D eigenvalue weighted by Gasteiger charge is -1.92. The van der Waals surface area contributed by atoms with Crippen molar-refractivity contribution in [3.05, 3.63) is 22.5 Å². The van der Waals surface area contributed by atoms with Gasteiger partial charge in [-0.15, -0.1) is 0 Å². The number of hydrogen-bond donors (Lipinski definition) is 1. The Morgan fingerprint density at radius 2 is 2.30 bits per heavy atom. The summed E-state index contributed by atoms with van der Waals surface area (Å²) in [5, 5.41) is 6.90. The average molecular weight is 152 g/mol. The molecule has 1 aromatic rings. The normalized spacial score (nSPS) is 17.2. The second-order valence-corrected chi connectivity index (χ2v) is 3.06. The van der Waals surface area contributed by atoms with Gasteiger partial charge in [0.25, 0.3) is 0 Å². The fraction of sp³-hybridized carbons (Fsp3) is 0.429. The predicted octanol–water partition coefficient (Wildman–Crippen LogP) is 2.02. The van der Waals surface area contributed by atoms with E-state index in [9.17, 15) is 0 Å². The van der Waals surface area contributed by atoms with Crippen molar-refractivity contribution in [2.45, 2.75) is 18.8 Å². The molecule has 0 atom stereocenters. The van der Waals surface area contributed by atoms with Gasteiger partial charge in [-0.2, -0.15) is 5.10 Å². The molecule has 2 nitrogen and oxygen atoms in total. The van der Waals surface area contributed by atoms with Gasteiger partial charge in [-0.3, -0.25) is 5.10 Å². The third-order valence-corrected chi connectivity index (χ3v) is 1.92. The number of hydrogen-bond acceptors (Lipinski definition) is 2. The molecule has 1 aliphatic carbocycles. The third kappa shape index (κ3) is 1.09. The summed E-state index contributed by atoms with van der Waals surface area (Å²) < 4.78 is 0.712. The topological polar surface area (TPSA) is 28.7 Å². The minimum absolute atomic E-state index is 0.712. The first-order chi connectivity index (χ1) is 4.86. The van der Waals surface area contributed by atoms with E-state index in [2.05, 4.69) is 10.2 Å². The van der Waals surface area contributed by atoms with Crippen LogP contribution >= 0.6 is 12.2 Å². The molecule has 0 saturated heterocycles. The van der Waals surface area contributed by atoms with Crippen LogP contribution < -0.4 is 0 Å². The van der Waals surface area contributed by atoms with Crippen molar-refractivity contribution in [2.24, 2.45) is 0 Å². The summed E-state index contributed by atoms with van der Waals surface area (Å²) >= 11 is 4.86. The molecule has 3 heteroatoms. The summed E-state index contributed by atoms with van der Waals surface area (Å²) in [6, 6.07) is 3.91. The molecule has 1 saturated carbocycles. The van der Waals surface area contributed by atoms with Crippen LogP contribution in [-0.4, -0.2) is 10.2 Å². The molecule has 1 fully saturated rings. The van der Waals surface area contributed by atoms with E-state index >= 15 is 0 Å². The Kier molecular flexibility index (Phi) is 1.31. The van der Waals surface area contributed by atoms with Crippen LogP contribution in [0.1, 0.15) is 24.5 Å². The predicted molar refractivity (Wildman–Crippen MR) is 41.4 cm³/mol. The first kappa shape index (κ1) is 6.04. The van der Waals surface area contributed by atoms with Crippen molar-refractivity contribution in [1.29, 1.82) is 0 Å². The minimum Gasteiger partial charge on any atom is -0.268 e. The van der Waals surface area contributed by atoms with Crippen LogP contribution in [0.25, 0.3) is 0 Å². The Morgan fingerprint density at radius 1 is 1.50 bits per heavy atom. The van der Waals surface area contributed by atoms with E-state index in [0.29, 0.717) is 10.6 Å². The van der Waals surface area contributed by atoms with E-state index in [4.69, 9.17) is 12.2 Å². The molecule has 1 aromatic heterocycles. The van der Waals surface area contributed by atoms with Gasteiger partial charge in [-0.1, -0.05) is 12.2 Å². The maximum atomic E-state index is 4.86. The van der Waals surface area contributed by atoms with Crippen molar-refractivity contribution in [2.75, 3.05) is 0 Å². The van der Waals surface area contributed by atoms with Crippen molar-refractivity contribution in [3.8, 4) is 0 Å². The highest BCUT2D eigenvalue weighted by molar-refractivity contribution is 7.71. The van der Waals surface area contributed by atoms with E-state index in [0.717, 1.165) is 5.69 Å². The van der Waals surface area contributed by atoms with Crippen LogP contribution in [0.4, 0.5) is 0 Å². The van der Waals surface area contributed by atoms with Gasteiger partial charge < -0.3 is 0 Å². The summed E-state index contributed by atoms with van der Waals surface area (Å²) in [6.45, 7) is 0. The molecular weight excluding hydrogens is 144 g/mol. The highest BCUT2D eigenvalue weighted by Crippen LogP contribution is 2.38. The Bertz CT molecular complexity index is 267. The average Bonchev–Trinajstić information content (AvgIpc) is 2.71. The van der Waals surface area contributed by atoms with Gasteiger partial charge in [0.2, 0.25) is 0 Å². The largest absolute Gasteiger partial charge is 0.268 e. The molecule has 0 aliphatic heterocycles. The van der Waals surface area contributed by atoms with Crippen LogP contribution in [0.3, 0.4) is 0 Å². The van der Waals surface area contributed by atoms with E-state index in [1.807, 2.05) is 12.1 Å². The zero-order chi connectivity index (χ0) is 6.97. The molecule has 0 unspecified atom stereocenters. The van der Waals surface area contributed by atoms with Gasteiger partial charge in [0.15, 0.2) is 0 Å². The summed E-state index contributed by atoms with van der Waals surface area (Å²) in [6.07, 6.45) is 2.58. The molecule has 1 N–H and O–H groups in total. The molecule has 1 heterocycles. The molecule has 0 amide bonds. The number of nitrogens with one attached hydrogen (secondary N) is 1. The van der Waals surface area contributed by atoms with Gasteiger partial charge in [0.05, 0.1) is 5.69 Å². The molecular formula is C7H8N2S.